The average Bonchev–Trinajstić information content (AvgIpc) is 3.50. The number of aromatic nitrogens is 3. The molecule has 0 aliphatic carbocycles. The quantitative estimate of drug-likeness (QED) is 0.376. The molecule has 0 N–H and O–H groups in total. The number of hydrogen-bond acceptors (Lipinski definition) is 4. The Morgan fingerprint density at radius 1 is 0.690 bits per heavy atom. The van der Waals surface area contributed by atoms with Crippen LogP contribution in [0.25, 0.3) is 17.1 Å². The van der Waals surface area contributed by atoms with Crippen molar-refractivity contribution in [3.8, 4) is 17.1 Å². The van der Waals surface area contributed by atoms with Crippen LogP contribution in [-0.4, -0.2) is 14.7 Å². The molecule has 0 fully saturated rings. The summed E-state index contributed by atoms with van der Waals surface area (Å²) in [6, 6.07) is 30.4. The molecule has 29 heavy (non-hydrogen) atoms. The van der Waals surface area contributed by atoms with Crippen LogP contribution in [-0.2, 0) is 0 Å². The molecule has 3 heterocycles. The summed E-state index contributed by atoms with van der Waals surface area (Å²) in [5, 5.41) is 4.02. The molecule has 0 aliphatic rings. The van der Waals surface area contributed by atoms with Crippen LogP contribution >= 0.6 is 0 Å². The fraction of sp³-hybridized carbons (Fsp3) is 0. The molecule has 2 aromatic carbocycles. The van der Waals surface area contributed by atoms with Gasteiger partial charge in [0.2, 0.25) is 0 Å². The summed E-state index contributed by atoms with van der Waals surface area (Å²) in [5.74, 6) is 0.807. The van der Waals surface area contributed by atoms with E-state index in [0.29, 0.717) is 5.69 Å². The van der Waals surface area contributed by atoms with Crippen molar-refractivity contribution in [3.05, 3.63) is 110 Å². The van der Waals surface area contributed by atoms with E-state index in [4.69, 9.17) is 9.51 Å². The molecule has 0 bridgehead atoms. The summed E-state index contributed by atoms with van der Waals surface area (Å²) in [4.78, 5) is 6.99. The van der Waals surface area contributed by atoms with Gasteiger partial charge in [-0.2, -0.15) is 0 Å². The predicted octanol–water partition coefficient (Wildman–Crippen LogP) is 6.00. The van der Waals surface area contributed by atoms with Crippen LogP contribution in [0.15, 0.2) is 114 Å². The molecule has 5 aromatic rings. The molecule has 3 aromatic heterocycles. The van der Waals surface area contributed by atoms with Crippen LogP contribution in [0.3, 0.4) is 0 Å². The molecule has 140 valence electrons. The molecule has 0 aliphatic heterocycles. The van der Waals surface area contributed by atoms with Crippen molar-refractivity contribution in [2.75, 3.05) is 4.90 Å². The van der Waals surface area contributed by atoms with Crippen molar-refractivity contribution >= 4 is 17.2 Å². The monoisotopic (exact) mass is 378 g/mol. The zero-order chi connectivity index (χ0) is 19.5. The first-order valence-electron chi connectivity index (χ1n) is 9.35. The largest absolute Gasteiger partial charge is 0.364 e. The summed E-state index contributed by atoms with van der Waals surface area (Å²) >= 11 is 0. The van der Waals surface area contributed by atoms with Crippen LogP contribution in [0.4, 0.5) is 17.2 Å². The topological polar surface area (TPSA) is 47.1 Å². The van der Waals surface area contributed by atoms with E-state index in [1.165, 1.54) is 0 Å². The highest BCUT2D eigenvalue weighted by atomic mass is 16.5. The first kappa shape index (κ1) is 17.0. The minimum Gasteiger partial charge on any atom is -0.364 e. The number of nitrogens with zero attached hydrogens (tertiary/aromatic N) is 4. The summed E-state index contributed by atoms with van der Waals surface area (Å²) in [6.07, 6.45) is 5.63. The van der Waals surface area contributed by atoms with E-state index in [1.54, 1.807) is 6.26 Å². The van der Waals surface area contributed by atoms with E-state index in [9.17, 15) is 0 Å². The normalized spacial score (nSPS) is 10.8. The van der Waals surface area contributed by atoms with Gasteiger partial charge in [-0.1, -0.05) is 35.5 Å². The van der Waals surface area contributed by atoms with Crippen LogP contribution < -0.4 is 4.90 Å². The van der Waals surface area contributed by atoms with Crippen LogP contribution in [0.5, 0.6) is 0 Å². The number of rotatable bonds is 5. The van der Waals surface area contributed by atoms with Gasteiger partial charge in [-0.15, -0.1) is 0 Å². The Morgan fingerprint density at radius 2 is 1.48 bits per heavy atom. The number of para-hydroxylation sites is 1. The van der Waals surface area contributed by atoms with Crippen LogP contribution in [0, 0.1) is 0 Å². The van der Waals surface area contributed by atoms with Crippen molar-refractivity contribution in [2.45, 2.75) is 0 Å². The lowest BCUT2D eigenvalue weighted by Crippen LogP contribution is -2.12. The first-order chi connectivity index (χ1) is 14.4. The standard InChI is InChI=1S/C24H18N4O/c1-2-8-19(9-3-1)28(21-11-6-10-20(18-21)27-15-4-5-16-27)24-13-7-12-22(25-24)23-14-17-29-26-23/h1-18H. The zero-order valence-electron chi connectivity index (χ0n) is 15.6. The second kappa shape index (κ2) is 7.48. The molecule has 0 amide bonds. The third kappa shape index (κ3) is 3.41. The highest BCUT2D eigenvalue weighted by Gasteiger charge is 2.15. The molecule has 0 saturated carbocycles. The molecule has 0 spiro atoms. The lowest BCUT2D eigenvalue weighted by Gasteiger charge is -2.25. The molecular formula is C24H18N4O. The van der Waals surface area contributed by atoms with Gasteiger partial charge in [0.05, 0.1) is 5.69 Å². The second-order valence-corrected chi connectivity index (χ2v) is 6.55. The average molecular weight is 378 g/mol. The van der Waals surface area contributed by atoms with Gasteiger partial charge < -0.3 is 9.09 Å². The summed E-state index contributed by atoms with van der Waals surface area (Å²) in [5.41, 5.74) is 4.61. The molecule has 0 saturated heterocycles. The van der Waals surface area contributed by atoms with Gasteiger partial charge >= 0.3 is 0 Å². The van der Waals surface area contributed by atoms with E-state index >= 15 is 0 Å². The van der Waals surface area contributed by atoms with E-state index in [2.05, 4.69) is 51.0 Å². The van der Waals surface area contributed by atoms with E-state index in [1.807, 2.05) is 67.0 Å². The van der Waals surface area contributed by atoms with Crippen molar-refractivity contribution in [1.82, 2.24) is 14.7 Å². The molecule has 5 rings (SSSR count). The fourth-order valence-corrected chi connectivity index (χ4v) is 3.33. The third-order valence-corrected chi connectivity index (χ3v) is 4.67. The van der Waals surface area contributed by atoms with Gasteiger partial charge in [0, 0.05) is 35.5 Å². The number of benzene rings is 2. The van der Waals surface area contributed by atoms with E-state index in [-0.39, 0.29) is 0 Å². The van der Waals surface area contributed by atoms with Gasteiger partial charge in [0.1, 0.15) is 17.8 Å². The van der Waals surface area contributed by atoms with Gasteiger partial charge in [-0.05, 0) is 54.6 Å². The first-order valence-corrected chi connectivity index (χ1v) is 9.35. The minimum absolute atomic E-state index is 0.709. The van der Waals surface area contributed by atoms with Crippen molar-refractivity contribution in [1.29, 1.82) is 0 Å². The summed E-state index contributed by atoms with van der Waals surface area (Å²) in [7, 11) is 0. The lowest BCUT2D eigenvalue weighted by atomic mass is 10.2. The van der Waals surface area contributed by atoms with Gasteiger partial charge in [0.25, 0.3) is 0 Å². The smallest absolute Gasteiger partial charge is 0.138 e. The maximum atomic E-state index is 4.99. The van der Waals surface area contributed by atoms with E-state index in [0.717, 1.165) is 28.6 Å². The zero-order valence-corrected chi connectivity index (χ0v) is 15.6. The Hall–Kier alpha value is -4.12. The molecule has 0 unspecified atom stereocenters. The molecule has 5 heteroatoms. The fourth-order valence-electron chi connectivity index (χ4n) is 3.33. The Labute approximate surface area is 168 Å². The molecule has 0 radical (unpaired) electrons. The highest BCUT2D eigenvalue weighted by molar-refractivity contribution is 5.76. The summed E-state index contributed by atoms with van der Waals surface area (Å²) in [6.45, 7) is 0. The molecular weight excluding hydrogens is 360 g/mol. The van der Waals surface area contributed by atoms with Crippen molar-refractivity contribution in [3.63, 3.8) is 0 Å². The Balaban J connectivity index is 1.64. The number of hydrogen-bond donors (Lipinski definition) is 0. The second-order valence-electron chi connectivity index (χ2n) is 6.55. The van der Waals surface area contributed by atoms with Crippen LogP contribution in [0.1, 0.15) is 0 Å². The lowest BCUT2D eigenvalue weighted by molar-refractivity contribution is 0.422. The van der Waals surface area contributed by atoms with Gasteiger partial charge in [-0.25, -0.2) is 4.98 Å². The molecule has 0 atom stereocenters. The Kier molecular flexibility index (Phi) is 4.39. The maximum Gasteiger partial charge on any atom is 0.138 e. The maximum absolute atomic E-state index is 4.99. The Bertz CT molecular complexity index is 1120. The SMILES string of the molecule is c1ccc(N(c2cccc(-n3cccc3)c2)c2cccc(-c3ccon3)n2)cc1. The van der Waals surface area contributed by atoms with Crippen molar-refractivity contribution in [2.24, 2.45) is 0 Å². The van der Waals surface area contributed by atoms with Crippen LogP contribution in [0.2, 0.25) is 0 Å². The number of anilines is 3. The van der Waals surface area contributed by atoms with Gasteiger partial charge in [-0.3, -0.25) is 4.90 Å². The predicted molar refractivity (Wildman–Crippen MR) is 114 cm³/mol. The van der Waals surface area contributed by atoms with Gasteiger partial charge in [0.15, 0.2) is 0 Å². The highest BCUT2D eigenvalue weighted by Crippen LogP contribution is 2.34. The van der Waals surface area contributed by atoms with Crippen molar-refractivity contribution < 1.29 is 4.52 Å². The minimum atomic E-state index is 0.709. The van der Waals surface area contributed by atoms with E-state index < -0.39 is 0 Å². The number of pyridine rings is 1. The third-order valence-electron chi connectivity index (χ3n) is 4.67. The Morgan fingerprint density at radius 3 is 2.28 bits per heavy atom. The molecule has 5 nitrogen and oxygen atoms in total. The summed E-state index contributed by atoms with van der Waals surface area (Å²) < 4.78 is 7.08.